The molecule has 0 aliphatic carbocycles. The van der Waals surface area contributed by atoms with Crippen LogP contribution in [0.2, 0.25) is 0 Å². The smallest absolute Gasteiger partial charge is 0.152 e. The second-order valence-electron chi connectivity index (χ2n) is 4.34. The van der Waals surface area contributed by atoms with Crippen molar-refractivity contribution in [3.05, 3.63) is 0 Å². The molecule has 2 aliphatic heterocycles. The summed E-state index contributed by atoms with van der Waals surface area (Å²) in [4.78, 5) is 0. The van der Waals surface area contributed by atoms with Gasteiger partial charge in [0.15, 0.2) is 19.7 Å². The lowest BCUT2D eigenvalue weighted by atomic mass is 10.3. The van der Waals surface area contributed by atoms with Crippen molar-refractivity contribution in [3.8, 4) is 0 Å². The predicted molar refractivity (Wildman–Crippen MR) is 59.0 cm³/mol. The van der Waals surface area contributed by atoms with Gasteiger partial charge in [0, 0.05) is 0 Å². The molecule has 16 heavy (non-hydrogen) atoms. The van der Waals surface area contributed by atoms with Gasteiger partial charge < -0.3 is 0 Å². The van der Waals surface area contributed by atoms with Crippen LogP contribution in [0.25, 0.3) is 0 Å². The van der Waals surface area contributed by atoms with E-state index in [9.17, 15) is 16.8 Å². The van der Waals surface area contributed by atoms with Crippen molar-refractivity contribution in [2.75, 3.05) is 23.0 Å². The lowest BCUT2D eigenvalue weighted by molar-refractivity contribution is 0.595. The highest BCUT2D eigenvalue weighted by atomic mass is 32.2. The zero-order valence-corrected chi connectivity index (χ0v) is 10.4. The van der Waals surface area contributed by atoms with Gasteiger partial charge in [-0.2, -0.15) is 10.2 Å². The van der Waals surface area contributed by atoms with Crippen LogP contribution >= 0.6 is 0 Å². The quantitative estimate of drug-likeness (QED) is 0.648. The van der Waals surface area contributed by atoms with Gasteiger partial charge in [-0.3, -0.25) is 0 Å². The lowest BCUT2D eigenvalue weighted by Gasteiger charge is -2.01. The number of sulfone groups is 2. The van der Waals surface area contributed by atoms with Crippen LogP contribution in [0.5, 0.6) is 0 Å². The summed E-state index contributed by atoms with van der Waals surface area (Å²) in [5.41, 5.74) is 0. The third kappa shape index (κ3) is 3.00. The van der Waals surface area contributed by atoms with E-state index >= 15 is 0 Å². The Kier molecular flexibility index (Phi) is 3.04. The molecule has 0 bridgehead atoms. The molecule has 2 rings (SSSR count). The van der Waals surface area contributed by atoms with Crippen molar-refractivity contribution in [2.24, 2.45) is 10.2 Å². The molecule has 2 aliphatic rings. The minimum atomic E-state index is -2.94. The average Bonchev–Trinajstić information content (AvgIpc) is 2.66. The first-order chi connectivity index (χ1) is 7.36. The lowest BCUT2D eigenvalue weighted by Crippen LogP contribution is -2.10. The third-order valence-electron chi connectivity index (χ3n) is 2.81. The second kappa shape index (κ2) is 4.06. The van der Waals surface area contributed by atoms with Crippen molar-refractivity contribution in [1.29, 1.82) is 0 Å². The number of azo groups is 1. The van der Waals surface area contributed by atoms with E-state index < -0.39 is 19.7 Å². The molecule has 0 aromatic carbocycles. The van der Waals surface area contributed by atoms with Crippen LogP contribution in [0.4, 0.5) is 0 Å². The molecule has 2 saturated heterocycles. The van der Waals surface area contributed by atoms with E-state index in [0.717, 1.165) is 0 Å². The van der Waals surface area contributed by atoms with Gasteiger partial charge in [-0.15, -0.1) is 0 Å². The Morgan fingerprint density at radius 1 is 0.750 bits per heavy atom. The normalized spacial score (nSPS) is 37.0. The van der Waals surface area contributed by atoms with E-state index in [0.29, 0.717) is 12.8 Å². The fourth-order valence-corrected chi connectivity index (χ4v) is 5.16. The van der Waals surface area contributed by atoms with E-state index in [-0.39, 0.29) is 35.1 Å². The fourth-order valence-electron chi connectivity index (χ4n) is 1.92. The summed E-state index contributed by atoms with van der Waals surface area (Å²) in [6.45, 7) is 0. The van der Waals surface area contributed by atoms with Crippen LogP contribution in [-0.4, -0.2) is 51.9 Å². The van der Waals surface area contributed by atoms with Crippen molar-refractivity contribution >= 4 is 19.7 Å². The first-order valence-electron chi connectivity index (χ1n) is 5.17. The molecule has 0 unspecified atom stereocenters. The molecule has 0 saturated carbocycles. The molecule has 2 fully saturated rings. The molecular weight excluding hydrogens is 252 g/mol. The van der Waals surface area contributed by atoms with Crippen LogP contribution in [0.3, 0.4) is 0 Å². The van der Waals surface area contributed by atoms with Crippen LogP contribution < -0.4 is 0 Å². The summed E-state index contributed by atoms with van der Waals surface area (Å²) in [7, 11) is -5.87. The number of nitrogens with zero attached hydrogens (tertiary/aromatic N) is 2. The maximum absolute atomic E-state index is 11.1. The minimum Gasteiger partial charge on any atom is -0.229 e. The Balaban J connectivity index is 1.92. The molecular formula is C8H14N2O4S2. The number of hydrogen-bond donors (Lipinski definition) is 0. The number of rotatable bonds is 2. The second-order valence-corrected chi connectivity index (χ2v) is 8.80. The molecule has 0 amide bonds. The highest BCUT2D eigenvalue weighted by Gasteiger charge is 2.30. The summed E-state index contributed by atoms with van der Waals surface area (Å²) >= 11 is 0. The van der Waals surface area contributed by atoms with Gasteiger partial charge >= 0.3 is 0 Å². The Bertz CT molecular complexity index is 448. The van der Waals surface area contributed by atoms with Crippen molar-refractivity contribution in [2.45, 2.75) is 24.9 Å². The van der Waals surface area contributed by atoms with E-state index in [1.165, 1.54) is 0 Å². The number of hydrogen-bond acceptors (Lipinski definition) is 6. The highest BCUT2D eigenvalue weighted by Crippen LogP contribution is 2.19. The van der Waals surface area contributed by atoms with Gasteiger partial charge in [0.1, 0.15) is 0 Å². The first-order valence-corrected chi connectivity index (χ1v) is 8.81. The van der Waals surface area contributed by atoms with Crippen molar-refractivity contribution < 1.29 is 16.8 Å². The van der Waals surface area contributed by atoms with Crippen LogP contribution in [0.15, 0.2) is 10.2 Å². The van der Waals surface area contributed by atoms with E-state index in [2.05, 4.69) is 10.2 Å². The Morgan fingerprint density at radius 3 is 1.38 bits per heavy atom. The van der Waals surface area contributed by atoms with Crippen LogP contribution in [-0.2, 0) is 19.7 Å². The van der Waals surface area contributed by atoms with Gasteiger partial charge in [-0.25, -0.2) is 16.8 Å². The predicted octanol–water partition coefficient (Wildman–Crippen LogP) is -0.187. The highest BCUT2D eigenvalue weighted by molar-refractivity contribution is 7.91. The first kappa shape index (κ1) is 12.0. The molecule has 92 valence electrons. The average molecular weight is 266 g/mol. The molecule has 0 aromatic heterocycles. The largest absolute Gasteiger partial charge is 0.229 e. The van der Waals surface area contributed by atoms with E-state index in [1.54, 1.807) is 0 Å². The molecule has 0 aromatic rings. The summed E-state index contributed by atoms with van der Waals surface area (Å²) in [5.74, 6) is 0.436. The topological polar surface area (TPSA) is 93.0 Å². The molecule has 2 atom stereocenters. The third-order valence-corrected chi connectivity index (χ3v) is 6.31. The van der Waals surface area contributed by atoms with Gasteiger partial charge in [-0.1, -0.05) is 0 Å². The molecule has 8 heteroatoms. The molecule has 2 heterocycles. The maximum Gasteiger partial charge on any atom is 0.152 e. The monoisotopic (exact) mass is 266 g/mol. The van der Waals surface area contributed by atoms with Gasteiger partial charge in [-0.05, 0) is 12.8 Å². The summed E-state index contributed by atoms with van der Waals surface area (Å²) in [6, 6.07) is -0.540. The van der Waals surface area contributed by atoms with Gasteiger partial charge in [0.2, 0.25) is 0 Å². The van der Waals surface area contributed by atoms with Crippen LogP contribution in [0.1, 0.15) is 12.8 Å². The maximum atomic E-state index is 11.1. The molecule has 0 radical (unpaired) electrons. The zero-order chi connectivity index (χ0) is 11.8. The standard InChI is InChI=1S/C8H14N2O4S2/c11-15(12)3-1-7(5-15)9-10-8-2-4-16(13,14)6-8/h7-8H,1-6H2/t7-,8-/m0/s1. The molecule has 6 nitrogen and oxygen atoms in total. The minimum absolute atomic E-state index is 0.0516. The van der Waals surface area contributed by atoms with Gasteiger partial charge in [0.25, 0.3) is 0 Å². The SMILES string of the molecule is O=S1(=O)CC[C@H](N=N[C@H]2CCS(=O)(=O)C2)C1. The van der Waals surface area contributed by atoms with Crippen LogP contribution in [0, 0.1) is 0 Å². The summed E-state index contributed by atoms with van der Waals surface area (Å²) in [6.07, 6.45) is 1.01. The summed E-state index contributed by atoms with van der Waals surface area (Å²) in [5, 5.41) is 7.90. The Hall–Kier alpha value is -0.500. The van der Waals surface area contributed by atoms with E-state index in [1.807, 2.05) is 0 Å². The Morgan fingerprint density at radius 2 is 1.12 bits per heavy atom. The summed E-state index contributed by atoms with van der Waals surface area (Å²) < 4.78 is 44.6. The zero-order valence-electron chi connectivity index (χ0n) is 8.74. The van der Waals surface area contributed by atoms with Crippen molar-refractivity contribution in [3.63, 3.8) is 0 Å². The molecule has 0 N–H and O–H groups in total. The molecule has 0 spiro atoms. The van der Waals surface area contributed by atoms with E-state index in [4.69, 9.17) is 0 Å². The fraction of sp³-hybridized carbons (Fsp3) is 1.00. The van der Waals surface area contributed by atoms with Gasteiger partial charge in [0.05, 0.1) is 35.1 Å². The Labute approximate surface area is 95.0 Å². The van der Waals surface area contributed by atoms with Crippen molar-refractivity contribution in [1.82, 2.24) is 0 Å².